The van der Waals surface area contributed by atoms with Gasteiger partial charge in [0.05, 0.1) is 18.0 Å². The van der Waals surface area contributed by atoms with Crippen molar-refractivity contribution in [3.63, 3.8) is 0 Å². The summed E-state index contributed by atoms with van der Waals surface area (Å²) in [6.45, 7) is 7.18. The maximum absolute atomic E-state index is 12.7. The molecule has 1 heterocycles. The maximum atomic E-state index is 12.7. The average molecular weight is 459 g/mol. The number of nitrogens with zero attached hydrogens (tertiary/aromatic N) is 2. The van der Waals surface area contributed by atoms with E-state index in [-0.39, 0.29) is 6.61 Å². The number of thiazole rings is 1. The van der Waals surface area contributed by atoms with Crippen LogP contribution in [-0.2, 0) is 14.3 Å². The van der Waals surface area contributed by atoms with Crippen LogP contribution in [0.3, 0.4) is 0 Å². The third kappa shape index (κ3) is 7.58. The van der Waals surface area contributed by atoms with Crippen molar-refractivity contribution < 1.29 is 19.1 Å². The van der Waals surface area contributed by atoms with E-state index in [9.17, 15) is 9.59 Å². The molecule has 0 aliphatic carbocycles. The second kappa shape index (κ2) is 11.5. The van der Waals surface area contributed by atoms with Gasteiger partial charge in [0.1, 0.15) is 11.6 Å². The fourth-order valence-electron chi connectivity index (χ4n) is 2.75. The number of benzene rings is 1. The Hall–Kier alpha value is -3.04. The molecule has 0 aliphatic heterocycles. The molecule has 1 aromatic carbocycles. The standard InChI is InChI=1S/C23H30N4O4S/c1-7-9-17(24-5)15-10-8-11-16(12-15)19-14-32-21(25-19)27-20(28)18(13-30-6)26-22(29)31-23(2,3)4/h7-12,14,18H,13H2,1-6H3,(H,26,29)(H,25,27,28)/b9-7-,24-17?. The lowest BCUT2D eigenvalue weighted by atomic mass is 10.0. The number of methoxy groups -OCH3 is 1. The topological polar surface area (TPSA) is 102 Å². The van der Waals surface area contributed by atoms with E-state index in [0.29, 0.717) is 5.13 Å². The van der Waals surface area contributed by atoms with E-state index in [1.54, 1.807) is 27.8 Å². The molecule has 2 N–H and O–H groups in total. The Morgan fingerprint density at radius 1 is 1.31 bits per heavy atom. The molecule has 1 atom stereocenters. The van der Waals surface area contributed by atoms with E-state index >= 15 is 0 Å². The van der Waals surface area contributed by atoms with E-state index in [4.69, 9.17) is 9.47 Å². The third-order valence-corrected chi connectivity index (χ3v) is 4.85. The van der Waals surface area contributed by atoms with Gasteiger partial charge in [-0.1, -0.05) is 24.3 Å². The minimum absolute atomic E-state index is 0.00453. The van der Waals surface area contributed by atoms with Crippen LogP contribution >= 0.6 is 11.3 Å². The molecule has 9 heteroatoms. The molecule has 0 fully saturated rings. The van der Waals surface area contributed by atoms with Gasteiger partial charge in [0.2, 0.25) is 0 Å². The number of hydrogen-bond donors (Lipinski definition) is 2. The first-order chi connectivity index (χ1) is 15.2. The van der Waals surface area contributed by atoms with Crippen LogP contribution in [0.4, 0.5) is 9.93 Å². The van der Waals surface area contributed by atoms with Gasteiger partial charge in [-0.3, -0.25) is 9.79 Å². The zero-order valence-corrected chi connectivity index (χ0v) is 20.1. The molecule has 1 aromatic heterocycles. The Kier molecular flexibility index (Phi) is 9.10. The summed E-state index contributed by atoms with van der Waals surface area (Å²) in [4.78, 5) is 33.6. The van der Waals surface area contributed by atoms with Crippen LogP contribution in [-0.4, -0.2) is 55.1 Å². The second-order valence-corrected chi connectivity index (χ2v) is 8.73. The van der Waals surface area contributed by atoms with E-state index in [0.717, 1.165) is 22.5 Å². The van der Waals surface area contributed by atoms with Gasteiger partial charge in [0, 0.05) is 30.7 Å². The highest BCUT2D eigenvalue weighted by atomic mass is 32.1. The summed E-state index contributed by atoms with van der Waals surface area (Å²) >= 11 is 1.30. The molecule has 2 aromatic rings. The summed E-state index contributed by atoms with van der Waals surface area (Å²) in [5.41, 5.74) is 2.81. The van der Waals surface area contributed by atoms with Gasteiger partial charge >= 0.3 is 6.09 Å². The molecule has 2 rings (SSSR count). The molecule has 0 saturated heterocycles. The van der Waals surface area contributed by atoms with E-state index in [1.165, 1.54) is 18.4 Å². The summed E-state index contributed by atoms with van der Waals surface area (Å²) in [6, 6.07) is 6.95. The van der Waals surface area contributed by atoms with Crippen LogP contribution < -0.4 is 10.6 Å². The van der Waals surface area contributed by atoms with Gasteiger partial charge in [-0.15, -0.1) is 11.3 Å². The molecule has 32 heavy (non-hydrogen) atoms. The van der Waals surface area contributed by atoms with Crippen molar-refractivity contribution in [3.05, 3.63) is 47.4 Å². The van der Waals surface area contributed by atoms with Gasteiger partial charge < -0.3 is 20.1 Å². The highest BCUT2D eigenvalue weighted by Gasteiger charge is 2.25. The quantitative estimate of drug-likeness (QED) is 0.575. The first-order valence-electron chi connectivity index (χ1n) is 10.1. The number of carbonyl (C=O) groups excluding carboxylic acids is 2. The number of aromatic nitrogens is 1. The lowest BCUT2D eigenvalue weighted by Crippen LogP contribution is -2.48. The number of anilines is 1. The Morgan fingerprint density at radius 2 is 2.06 bits per heavy atom. The first kappa shape index (κ1) is 25.2. The monoisotopic (exact) mass is 458 g/mol. The van der Waals surface area contributed by atoms with E-state index < -0.39 is 23.6 Å². The van der Waals surface area contributed by atoms with Crippen molar-refractivity contribution in [1.29, 1.82) is 0 Å². The van der Waals surface area contributed by atoms with Crippen LogP contribution in [0.2, 0.25) is 0 Å². The Bertz CT molecular complexity index is 992. The van der Waals surface area contributed by atoms with Gasteiger partial charge in [0.15, 0.2) is 5.13 Å². The average Bonchev–Trinajstić information content (AvgIpc) is 3.19. The van der Waals surface area contributed by atoms with E-state index in [2.05, 4.69) is 20.6 Å². The zero-order chi connectivity index (χ0) is 23.7. The predicted molar refractivity (Wildman–Crippen MR) is 128 cm³/mol. The number of aliphatic imine (C=N–C) groups is 1. The number of nitrogens with one attached hydrogen (secondary N) is 2. The number of ether oxygens (including phenoxy) is 2. The Labute approximate surface area is 192 Å². The van der Waals surface area contributed by atoms with Crippen LogP contribution in [0, 0.1) is 0 Å². The summed E-state index contributed by atoms with van der Waals surface area (Å²) in [5.74, 6) is -0.444. The van der Waals surface area contributed by atoms with E-state index in [1.807, 2.05) is 48.7 Å². The molecule has 0 radical (unpaired) electrons. The fraction of sp³-hybridized carbons (Fsp3) is 0.391. The highest BCUT2D eigenvalue weighted by Crippen LogP contribution is 2.26. The number of amides is 2. The van der Waals surface area contributed by atoms with Crippen molar-refractivity contribution >= 4 is 34.2 Å². The van der Waals surface area contributed by atoms with Gasteiger partial charge in [-0.2, -0.15) is 0 Å². The van der Waals surface area contributed by atoms with Gasteiger partial charge in [-0.05, 0) is 39.8 Å². The van der Waals surface area contributed by atoms with Gasteiger partial charge in [-0.25, -0.2) is 9.78 Å². The molecule has 2 amide bonds. The molecule has 0 spiro atoms. The first-order valence-corrected chi connectivity index (χ1v) is 11.0. The largest absolute Gasteiger partial charge is 0.444 e. The number of carbonyl (C=O) groups is 2. The molecular weight excluding hydrogens is 428 g/mol. The minimum Gasteiger partial charge on any atom is -0.444 e. The number of rotatable bonds is 8. The molecule has 0 aliphatic rings. The normalized spacial score (nSPS) is 13.1. The summed E-state index contributed by atoms with van der Waals surface area (Å²) in [5, 5.41) is 7.55. The Morgan fingerprint density at radius 3 is 2.69 bits per heavy atom. The molecule has 172 valence electrons. The van der Waals surface area contributed by atoms with Crippen molar-refractivity contribution in [1.82, 2.24) is 10.3 Å². The van der Waals surface area contributed by atoms with Crippen molar-refractivity contribution in [3.8, 4) is 11.3 Å². The zero-order valence-electron chi connectivity index (χ0n) is 19.3. The van der Waals surface area contributed by atoms with Crippen LogP contribution in [0.25, 0.3) is 11.3 Å². The van der Waals surface area contributed by atoms with Crippen molar-refractivity contribution in [2.24, 2.45) is 4.99 Å². The second-order valence-electron chi connectivity index (χ2n) is 7.87. The lowest BCUT2D eigenvalue weighted by Gasteiger charge is -2.22. The smallest absolute Gasteiger partial charge is 0.408 e. The fourth-order valence-corrected chi connectivity index (χ4v) is 3.47. The Balaban J connectivity index is 2.13. The minimum atomic E-state index is -0.922. The SMILES string of the molecule is C/C=C\C(=NC)c1cccc(-c2csc(NC(=O)C(COC)NC(=O)OC(C)(C)C)n2)c1. The summed E-state index contributed by atoms with van der Waals surface area (Å²) < 4.78 is 10.3. The third-order valence-electron chi connectivity index (χ3n) is 4.09. The molecular formula is C23H30N4O4S. The van der Waals surface area contributed by atoms with Crippen molar-refractivity contribution in [2.45, 2.75) is 39.3 Å². The number of allylic oxidation sites excluding steroid dienone is 2. The maximum Gasteiger partial charge on any atom is 0.408 e. The molecule has 0 saturated carbocycles. The molecule has 8 nitrogen and oxygen atoms in total. The lowest BCUT2D eigenvalue weighted by molar-refractivity contribution is -0.119. The summed E-state index contributed by atoms with van der Waals surface area (Å²) in [7, 11) is 3.20. The number of alkyl carbamates (subject to hydrolysis) is 1. The van der Waals surface area contributed by atoms with Crippen LogP contribution in [0.1, 0.15) is 33.3 Å². The highest BCUT2D eigenvalue weighted by molar-refractivity contribution is 7.14. The molecule has 0 bridgehead atoms. The van der Waals surface area contributed by atoms with Crippen LogP contribution in [0.5, 0.6) is 0 Å². The van der Waals surface area contributed by atoms with Gasteiger partial charge in [0.25, 0.3) is 5.91 Å². The van der Waals surface area contributed by atoms with Crippen LogP contribution in [0.15, 0.2) is 46.8 Å². The predicted octanol–water partition coefficient (Wildman–Crippen LogP) is 4.28. The number of hydrogen-bond acceptors (Lipinski definition) is 7. The van der Waals surface area contributed by atoms with Crippen molar-refractivity contribution in [2.75, 3.05) is 26.1 Å². The summed E-state index contributed by atoms with van der Waals surface area (Å²) in [6.07, 6.45) is 3.19. The molecule has 1 unspecified atom stereocenters.